The summed E-state index contributed by atoms with van der Waals surface area (Å²) < 4.78 is 0.230. The molecule has 1 heterocycles. The molecule has 1 saturated heterocycles. The topological polar surface area (TPSA) is 66.5 Å². The van der Waals surface area contributed by atoms with Crippen LogP contribution in [0.15, 0.2) is 53.4 Å². The molecule has 0 aromatic heterocycles. The molecule has 0 unspecified atom stereocenters. The van der Waals surface area contributed by atoms with Gasteiger partial charge in [-0.25, -0.2) is 0 Å². The third kappa shape index (κ3) is 4.01. The summed E-state index contributed by atoms with van der Waals surface area (Å²) in [7, 11) is 0. The van der Waals surface area contributed by atoms with Crippen LogP contribution in [0, 0.1) is 0 Å². The maximum absolute atomic E-state index is 12.5. The van der Waals surface area contributed by atoms with E-state index in [0.29, 0.717) is 21.1 Å². The molecule has 0 bridgehead atoms. The Labute approximate surface area is 164 Å². The molecular formula is C18H11ClN2O3S2. The molecule has 1 aliphatic rings. The molecule has 1 N–H and O–H groups in total. The summed E-state index contributed by atoms with van der Waals surface area (Å²) in [6.07, 6.45) is 2.40. The van der Waals surface area contributed by atoms with Crippen LogP contribution in [-0.4, -0.2) is 27.4 Å². The van der Waals surface area contributed by atoms with Crippen molar-refractivity contribution in [2.24, 2.45) is 0 Å². The molecule has 8 heteroatoms. The van der Waals surface area contributed by atoms with Crippen LogP contribution in [0.5, 0.6) is 0 Å². The number of hydrogen-bond donors (Lipinski definition) is 1. The highest BCUT2D eigenvalue weighted by atomic mass is 35.5. The van der Waals surface area contributed by atoms with Gasteiger partial charge in [-0.15, -0.1) is 0 Å². The van der Waals surface area contributed by atoms with Crippen molar-refractivity contribution in [1.82, 2.24) is 10.4 Å². The second-order valence-electron chi connectivity index (χ2n) is 5.25. The fourth-order valence-corrected chi connectivity index (χ4v) is 3.46. The molecule has 3 rings (SSSR count). The number of aldehydes is 1. The van der Waals surface area contributed by atoms with Gasteiger partial charge >= 0.3 is 0 Å². The summed E-state index contributed by atoms with van der Waals surface area (Å²) >= 11 is 12.1. The van der Waals surface area contributed by atoms with Crippen molar-refractivity contribution in [2.45, 2.75) is 0 Å². The van der Waals surface area contributed by atoms with E-state index in [1.165, 1.54) is 0 Å². The largest absolute Gasteiger partial charge is 0.298 e. The SMILES string of the molecule is O=Cc1ccc(/C=C2\SC(=S)N(NC(=O)c3ccc(Cl)cc3)C2=O)cc1. The van der Waals surface area contributed by atoms with Gasteiger partial charge in [0.05, 0.1) is 4.91 Å². The quantitative estimate of drug-likeness (QED) is 0.480. The molecular weight excluding hydrogens is 392 g/mol. The van der Waals surface area contributed by atoms with Gasteiger partial charge in [-0.2, -0.15) is 5.01 Å². The van der Waals surface area contributed by atoms with E-state index in [1.807, 2.05) is 0 Å². The molecule has 2 aromatic carbocycles. The van der Waals surface area contributed by atoms with E-state index in [9.17, 15) is 14.4 Å². The van der Waals surface area contributed by atoms with Crippen LogP contribution in [0.25, 0.3) is 6.08 Å². The van der Waals surface area contributed by atoms with Crippen molar-refractivity contribution < 1.29 is 14.4 Å². The molecule has 1 fully saturated rings. The Hall–Kier alpha value is -2.48. The highest BCUT2D eigenvalue weighted by molar-refractivity contribution is 8.26. The fraction of sp³-hybridized carbons (Fsp3) is 0. The molecule has 130 valence electrons. The third-order valence-electron chi connectivity index (χ3n) is 3.48. The number of hydrogen-bond acceptors (Lipinski definition) is 5. The first-order valence-electron chi connectivity index (χ1n) is 7.37. The molecule has 0 radical (unpaired) electrons. The Morgan fingerprint density at radius 1 is 1.08 bits per heavy atom. The summed E-state index contributed by atoms with van der Waals surface area (Å²) in [6.45, 7) is 0. The smallest absolute Gasteiger partial charge is 0.285 e. The summed E-state index contributed by atoms with van der Waals surface area (Å²) in [5.41, 5.74) is 4.16. The van der Waals surface area contributed by atoms with E-state index in [0.717, 1.165) is 28.6 Å². The molecule has 2 amide bonds. The average molecular weight is 403 g/mol. The lowest BCUT2D eigenvalue weighted by Crippen LogP contribution is -2.44. The molecule has 0 atom stereocenters. The van der Waals surface area contributed by atoms with Crippen LogP contribution >= 0.6 is 35.6 Å². The van der Waals surface area contributed by atoms with Gasteiger partial charge in [-0.3, -0.25) is 19.8 Å². The van der Waals surface area contributed by atoms with Gasteiger partial charge in [0.1, 0.15) is 6.29 Å². The number of benzene rings is 2. The molecule has 2 aromatic rings. The first-order valence-corrected chi connectivity index (χ1v) is 8.98. The number of carbonyl (C=O) groups excluding carboxylic acids is 3. The number of amides is 2. The monoisotopic (exact) mass is 402 g/mol. The van der Waals surface area contributed by atoms with Gasteiger partial charge in [0, 0.05) is 16.1 Å². The van der Waals surface area contributed by atoms with E-state index in [2.05, 4.69) is 5.43 Å². The first kappa shape index (κ1) is 18.3. The molecule has 26 heavy (non-hydrogen) atoms. The normalized spacial score (nSPS) is 15.4. The number of nitrogens with zero attached hydrogens (tertiary/aromatic N) is 1. The van der Waals surface area contributed by atoms with Gasteiger partial charge in [0.25, 0.3) is 11.8 Å². The Morgan fingerprint density at radius 3 is 2.31 bits per heavy atom. The predicted molar refractivity (Wildman–Crippen MR) is 106 cm³/mol. The van der Waals surface area contributed by atoms with Crippen LogP contribution in [0.1, 0.15) is 26.3 Å². The van der Waals surface area contributed by atoms with Crippen molar-refractivity contribution in [3.63, 3.8) is 0 Å². The second kappa shape index (κ2) is 7.82. The van der Waals surface area contributed by atoms with Gasteiger partial charge in [0.2, 0.25) is 0 Å². The Morgan fingerprint density at radius 2 is 1.69 bits per heavy atom. The molecule has 0 spiro atoms. The van der Waals surface area contributed by atoms with Crippen molar-refractivity contribution in [2.75, 3.05) is 0 Å². The van der Waals surface area contributed by atoms with Crippen molar-refractivity contribution in [3.05, 3.63) is 75.1 Å². The molecule has 0 aliphatic carbocycles. The lowest BCUT2D eigenvalue weighted by molar-refractivity contribution is -0.123. The van der Waals surface area contributed by atoms with Gasteiger partial charge < -0.3 is 0 Å². The number of rotatable bonds is 4. The molecule has 0 saturated carbocycles. The van der Waals surface area contributed by atoms with Gasteiger partial charge in [-0.1, -0.05) is 47.6 Å². The summed E-state index contributed by atoms with van der Waals surface area (Å²) in [4.78, 5) is 35.9. The minimum absolute atomic E-state index is 0.230. The predicted octanol–water partition coefficient (Wildman–Crippen LogP) is 3.70. The Kier molecular flexibility index (Phi) is 5.51. The average Bonchev–Trinajstić information content (AvgIpc) is 2.90. The maximum Gasteiger partial charge on any atom is 0.285 e. The maximum atomic E-state index is 12.5. The summed E-state index contributed by atoms with van der Waals surface area (Å²) in [5.74, 6) is -0.878. The first-order chi connectivity index (χ1) is 12.5. The lowest BCUT2D eigenvalue weighted by atomic mass is 10.1. The number of halogens is 1. The van der Waals surface area contributed by atoms with Crippen LogP contribution in [0.3, 0.4) is 0 Å². The van der Waals surface area contributed by atoms with Crippen LogP contribution in [0.2, 0.25) is 5.02 Å². The minimum Gasteiger partial charge on any atom is -0.298 e. The highest BCUT2D eigenvalue weighted by Gasteiger charge is 2.33. The molecule has 5 nitrogen and oxygen atoms in total. The van der Waals surface area contributed by atoms with Crippen molar-refractivity contribution in [3.8, 4) is 0 Å². The highest BCUT2D eigenvalue weighted by Crippen LogP contribution is 2.31. The lowest BCUT2D eigenvalue weighted by Gasteiger charge is -2.15. The van der Waals surface area contributed by atoms with Crippen LogP contribution in [-0.2, 0) is 4.79 Å². The minimum atomic E-state index is -0.463. The number of nitrogens with one attached hydrogen (secondary N) is 1. The zero-order valence-electron chi connectivity index (χ0n) is 13.1. The van der Waals surface area contributed by atoms with Gasteiger partial charge in [-0.05, 0) is 48.1 Å². The van der Waals surface area contributed by atoms with Gasteiger partial charge in [0.15, 0.2) is 4.32 Å². The number of thiocarbonyl (C=S) groups is 1. The zero-order valence-corrected chi connectivity index (χ0v) is 15.5. The Balaban J connectivity index is 1.75. The van der Waals surface area contributed by atoms with Crippen LogP contribution in [0.4, 0.5) is 0 Å². The second-order valence-corrected chi connectivity index (χ2v) is 7.36. The zero-order chi connectivity index (χ0) is 18.7. The number of thioether (sulfide) groups is 1. The standard InChI is InChI=1S/C18H11ClN2O3S2/c19-14-7-5-13(6-8-14)16(23)20-21-17(24)15(26-18(21)25)9-11-1-3-12(10-22)4-2-11/h1-10H,(H,20,23)/b15-9-. The van der Waals surface area contributed by atoms with Crippen molar-refractivity contribution >= 4 is 64.1 Å². The molecule has 1 aliphatic heterocycles. The summed E-state index contributed by atoms with van der Waals surface area (Å²) in [5, 5.41) is 1.55. The summed E-state index contributed by atoms with van der Waals surface area (Å²) in [6, 6.07) is 13.0. The number of hydrazine groups is 1. The van der Waals surface area contributed by atoms with E-state index in [4.69, 9.17) is 23.8 Å². The van der Waals surface area contributed by atoms with E-state index in [1.54, 1.807) is 54.6 Å². The van der Waals surface area contributed by atoms with E-state index < -0.39 is 11.8 Å². The third-order valence-corrected chi connectivity index (χ3v) is 5.04. The van der Waals surface area contributed by atoms with Crippen LogP contribution < -0.4 is 5.43 Å². The van der Waals surface area contributed by atoms with E-state index in [-0.39, 0.29) is 4.32 Å². The Bertz CT molecular complexity index is 924. The van der Waals surface area contributed by atoms with Crippen molar-refractivity contribution in [1.29, 1.82) is 0 Å². The van der Waals surface area contributed by atoms with E-state index >= 15 is 0 Å². The number of carbonyl (C=O) groups is 3. The fourth-order valence-electron chi connectivity index (χ4n) is 2.15.